The number of nitrogens with one attached hydrogen (secondary N) is 1. The van der Waals surface area contributed by atoms with Gasteiger partial charge >= 0.3 is 0 Å². The molecule has 2 aromatic carbocycles. The molecule has 0 bridgehead atoms. The number of hydrogen-bond donors (Lipinski definition) is 1. The minimum Gasteiger partial charge on any atom is -0.352 e. The van der Waals surface area contributed by atoms with Crippen LogP contribution in [0.1, 0.15) is 40.3 Å². The predicted molar refractivity (Wildman–Crippen MR) is 115 cm³/mol. The van der Waals surface area contributed by atoms with Crippen molar-refractivity contribution in [3.05, 3.63) is 95.6 Å². The summed E-state index contributed by atoms with van der Waals surface area (Å²) in [6.45, 7) is 2.58. The van der Waals surface area contributed by atoms with Crippen molar-refractivity contribution in [2.24, 2.45) is 0 Å². The number of carbonyl (C=O) groups is 1. The fraction of sp³-hybridized carbons (Fsp3) is 0.167. The van der Waals surface area contributed by atoms with Crippen molar-refractivity contribution < 1.29 is 4.79 Å². The van der Waals surface area contributed by atoms with Crippen LogP contribution in [-0.2, 0) is 6.42 Å². The Bertz CT molecular complexity index is 1210. The van der Waals surface area contributed by atoms with Gasteiger partial charge in [0.1, 0.15) is 5.82 Å². The van der Waals surface area contributed by atoms with E-state index in [0.717, 1.165) is 22.4 Å². The number of imidazole rings is 1. The molecule has 1 atom stereocenters. The number of hydrogen-bond acceptors (Lipinski definition) is 4. The Morgan fingerprint density at radius 2 is 1.90 bits per heavy atom. The van der Waals surface area contributed by atoms with E-state index in [0.29, 0.717) is 24.1 Å². The first kappa shape index (κ1) is 19.3. The van der Waals surface area contributed by atoms with E-state index in [2.05, 4.69) is 40.0 Å². The molecule has 0 spiro atoms. The van der Waals surface area contributed by atoms with Gasteiger partial charge in [0.25, 0.3) is 5.91 Å². The SMILES string of the molecule is C[C@@H](c1ccccc1)n1c(CCNC(=O)c2ccncc2)nc2ccc(C#N)cc21. The van der Waals surface area contributed by atoms with Crippen LogP contribution in [0.5, 0.6) is 0 Å². The Hall–Kier alpha value is -3.98. The molecule has 0 aliphatic rings. The number of aromatic nitrogens is 3. The normalized spacial score (nSPS) is 11.7. The molecule has 2 aromatic heterocycles. The van der Waals surface area contributed by atoms with E-state index in [4.69, 9.17) is 4.98 Å². The van der Waals surface area contributed by atoms with Crippen LogP contribution in [0.4, 0.5) is 0 Å². The van der Waals surface area contributed by atoms with Gasteiger partial charge in [-0.25, -0.2) is 4.98 Å². The molecule has 0 unspecified atom stereocenters. The second-order valence-corrected chi connectivity index (χ2v) is 7.04. The zero-order valence-corrected chi connectivity index (χ0v) is 16.6. The zero-order valence-electron chi connectivity index (χ0n) is 16.6. The quantitative estimate of drug-likeness (QED) is 0.537. The molecular formula is C24H21N5O. The molecule has 0 saturated carbocycles. The van der Waals surface area contributed by atoms with E-state index in [1.165, 1.54) is 0 Å². The third kappa shape index (κ3) is 3.91. The van der Waals surface area contributed by atoms with Crippen molar-refractivity contribution in [2.45, 2.75) is 19.4 Å². The number of benzene rings is 2. The minimum absolute atomic E-state index is 0.0380. The summed E-state index contributed by atoms with van der Waals surface area (Å²) in [6, 6.07) is 21.3. The number of fused-ring (bicyclic) bond motifs is 1. The van der Waals surface area contributed by atoms with Gasteiger partial charge in [0.15, 0.2) is 0 Å². The molecule has 0 aliphatic heterocycles. The van der Waals surface area contributed by atoms with Gasteiger partial charge in [-0.1, -0.05) is 30.3 Å². The van der Waals surface area contributed by atoms with Crippen LogP contribution in [0.2, 0.25) is 0 Å². The molecule has 6 nitrogen and oxygen atoms in total. The van der Waals surface area contributed by atoms with Crippen molar-refractivity contribution in [3.63, 3.8) is 0 Å². The second kappa shape index (κ2) is 8.58. The standard InChI is InChI=1S/C24H21N5O/c1-17(19-5-3-2-4-6-19)29-22-15-18(16-25)7-8-21(22)28-23(29)11-14-27-24(30)20-9-12-26-13-10-20/h2-10,12-13,15,17H,11,14H2,1H3,(H,27,30)/t17-/m0/s1. The molecule has 0 fully saturated rings. The summed E-state index contributed by atoms with van der Waals surface area (Å²) < 4.78 is 2.16. The van der Waals surface area contributed by atoms with Gasteiger partial charge in [0.2, 0.25) is 0 Å². The Balaban J connectivity index is 1.63. The highest BCUT2D eigenvalue weighted by atomic mass is 16.1. The Morgan fingerprint density at radius 1 is 1.13 bits per heavy atom. The first-order valence-electron chi connectivity index (χ1n) is 9.81. The second-order valence-electron chi connectivity index (χ2n) is 7.04. The molecule has 2 heterocycles. The molecule has 1 amide bonds. The predicted octanol–water partition coefficient (Wildman–Crippen LogP) is 3.88. The van der Waals surface area contributed by atoms with E-state index < -0.39 is 0 Å². The van der Waals surface area contributed by atoms with Gasteiger partial charge in [-0.3, -0.25) is 9.78 Å². The fourth-order valence-corrected chi connectivity index (χ4v) is 3.59. The Labute approximate surface area is 174 Å². The Kier molecular flexibility index (Phi) is 5.53. The van der Waals surface area contributed by atoms with Crippen LogP contribution in [0, 0.1) is 11.3 Å². The van der Waals surface area contributed by atoms with Gasteiger partial charge in [-0.2, -0.15) is 5.26 Å². The van der Waals surface area contributed by atoms with Gasteiger partial charge in [0, 0.05) is 30.9 Å². The van der Waals surface area contributed by atoms with Gasteiger partial charge < -0.3 is 9.88 Å². The molecule has 30 heavy (non-hydrogen) atoms. The number of pyridine rings is 1. The highest BCUT2D eigenvalue weighted by Crippen LogP contribution is 2.27. The van der Waals surface area contributed by atoms with E-state index >= 15 is 0 Å². The van der Waals surface area contributed by atoms with Gasteiger partial charge in [-0.15, -0.1) is 0 Å². The summed E-state index contributed by atoms with van der Waals surface area (Å²) in [5.74, 6) is 0.731. The van der Waals surface area contributed by atoms with Crippen molar-refractivity contribution >= 4 is 16.9 Å². The van der Waals surface area contributed by atoms with Crippen molar-refractivity contribution in [1.29, 1.82) is 5.26 Å². The summed E-state index contributed by atoms with van der Waals surface area (Å²) in [6.07, 6.45) is 3.77. The zero-order chi connectivity index (χ0) is 20.9. The van der Waals surface area contributed by atoms with Crippen LogP contribution in [0.15, 0.2) is 73.1 Å². The summed E-state index contributed by atoms with van der Waals surface area (Å²) in [5.41, 5.74) is 4.09. The minimum atomic E-state index is -0.136. The smallest absolute Gasteiger partial charge is 0.251 e. The molecule has 0 aliphatic carbocycles. The topological polar surface area (TPSA) is 83.6 Å². The lowest BCUT2D eigenvalue weighted by Crippen LogP contribution is -2.26. The van der Waals surface area contributed by atoms with Crippen molar-refractivity contribution in [2.75, 3.05) is 6.54 Å². The largest absolute Gasteiger partial charge is 0.352 e. The monoisotopic (exact) mass is 395 g/mol. The lowest BCUT2D eigenvalue weighted by atomic mass is 10.1. The number of amides is 1. The van der Waals surface area contributed by atoms with Crippen LogP contribution in [0.3, 0.4) is 0 Å². The molecule has 4 rings (SSSR count). The van der Waals surface area contributed by atoms with Crippen LogP contribution < -0.4 is 5.32 Å². The summed E-state index contributed by atoms with van der Waals surface area (Å²) in [4.78, 5) is 21.1. The van der Waals surface area contributed by atoms with E-state index in [-0.39, 0.29) is 11.9 Å². The summed E-state index contributed by atoms with van der Waals surface area (Å²) >= 11 is 0. The summed E-state index contributed by atoms with van der Waals surface area (Å²) in [5, 5.41) is 12.3. The van der Waals surface area contributed by atoms with E-state index in [9.17, 15) is 10.1 Å². The maximum atomic E-state index is 12.3. The maximum absolute atomic E-state index is 12.3. The number of rotatable bonds is 6. The lowest BCUT2D eigenvalue weighted by molar-refractivity contribution is 0.0954. The fourth-order valence-electron chi connectivity index (χ4n) is 3.59. The van der Waals surface area contributed by atoms with Crippen molar-refractivity contribution in [1.82, 2.24) is 19.9 Å². The Morgan fingerprint density at radius 3 is 2.63 bits per heavy atom. The molecule has 1 N–H and O–H groups in total. The third-order valence-electron chi connectivity index (χ3n) is 5.14. The molecule has 0 saturated heterocycles. The molecule has 6 heteroatoms. The third-order valence-corrected chi connectivity index (χ3v) is 5.14. The lowest BCUT2D eigenvalue weighted by Gasteiger charge is -2.18. The maximum Gasteiger partial charge on any atom is 0.251 e. The van der Waals surface area contributed by atoms with Gasteiger partial charge in [-0.05, 0) is 42.8 Å². The van der Waals surface area contributed by atoms with E-state index in [1.54, 1.807) is 30.6 Å². The van der Waals surface area contributed by atoms with Crippen molar-refractivity contribution in [3.8, 4) is 6.07 Å². The molecular weight excluding hydrogens is 374 g/mol. The summed E-state index contributed by atoms with van der Waals surface area (Å²) in [7, 11) is 0. The first-order chi connectivity index (χ1) is 14.7. The van der Waals surface area contributed by atoms with Crippen LogP contribution in [0.25, 0.3) is 11.0 Å². The van der Waals surface area contributed by atoms with Crippen LogP contribution in [-0.4, -0.2) is 27.0 Å². The van der Waals surface area contributed by atoms with Crippen LogP contribution >= 0.6 is 0 Å². The first-order valence-corrected chi connectivity index (χ1v) is 9.81. The van der Waals surface area contributed by atoms with Gasteiger partial charge in [0.05, 0.1) is 28.7 Å². The number of nitrogens with zero attached hydrogens (tertiary/aromatic N) is 4. The molecule has 0 radical (unpaired) electrons. The number of carbonyl (C=O) groups excluding carboxylic acids is 1. The highest BCUT2D eigenvalue weighted by molar-refractivity contribution is 5.93. The number of nitriles is 1. The van der Waals surface area contributed by atoms with E-state index in [1.807, 2.05) is 30.3 Å². The average molecular weight is 395 g/mol. The average Bonchev–Trinajstić information content (AvgIpc) is 3.16. The molecule has 4 aromatic rings. The highest BCUT2D eigenvalue weighted by Gasteiger charge is 2.18. The molecule has 148 valence electrons.